The molecular formula is C19H23N3O3S. The Hall–Kier alpha value is -2.38. The number of ether oxygens (including phenoxy) is 1. The van der Waals surface area contributed by atoms with Crippen molar-refractivity contribution in [1.82, 2.24) is 10.2 Å². The maximum atomic E-state index is 12.2. The lowest BCUT2D eigenvalue weighted by Gasteiger charge is -2.31. The molecule has 0 unspecified atom stereocenters. The molecule has 0 aliphatic carbocycles. The number of nitrogens with zero attached hydrogens (tertiary/aromatic N) is 1. The van der Waals surface area contributed by atoms with Crippen molar-refractivity contribution in [3.05, 3.63) is 46.7 Å². The summed E-state index contributed by atoms with van der Waals surface area (Å²) in [4.78, 5) is 27.2. The van der Waals surface area contributed by atoms with Gasteiger partial charge in [0, 0.05) is 30.9 Å². The predicted octanol–water partition coefficient (Wildman–Crippen LogP) is 2.59. The van der Waals surface area contributed by atoms with Gasteiger partial charge in [-0.15, -0.1) is 11.3 Å². The van der Waals surface area contributed by atoms with Gasteiger partial charge in [-0.1, -0.05) is 12.1 Å². The normalized spacial score (nSPS) is 15.4. The first-order valence-electron chi connectivity index (χ1n) is 8.64. The summed E-state index contributed by atoms with van der Waals surface area (Å²) in [5, 5.41) is 7.88. The van der Waals surface area contributed by atoms with Crippen LogP contribution < -0.4 is 15.4 Å². The molecule has 0 spiro atoms. The molecule has 1 aromatic heterocycles. The summed E-state index contributed by atoms with van der Waals surface area (Å²) in [7, 11) is 1.60. The molecule has 1 aliphatic heterocycles. The van der Waals surface area contributed by atoms with Crippen LogP contribution >= 0.6 is 11.3 Å². The van der Waals surface area contributed by atoms with E-state index in [9.17, 15) is 9.59 Å². The molecule has 1 aliphatic rings. The van der Waals surface area contributed by atoms with Crippen molar-refractivity contribution in [1.29, 1.82) is 0 Å². The van der Waals surface area contributed by atoms with Crippen molar-refractivity contribution >= 4 is 28.8 Å². The molecule has 2 aromatic rings. The van der Waals surface area contributed by atoms with E-state index in [4.69, 9.17) is 4.74 Å². The number of nitrogens with one attached hydrogen (secondary N) is 2. The van der Waals surface area contributed by atoms with Crippen LogP contribution in [0.1, 0.15) is 22.5 Å². The molecule has 0 radical (unpaired) electrons. The van der Waals surface area contributed by atoms with Gasteiger partial charge in [0.1, 0.15) is 5.75 Å². The fourth-order valence-electron chi connectivity index (χ4n) is 3.00. The Morgan fingerprint density at radius 3 is 2.73 bits per heavy atom. The Kier molecular flexibility index (Phi) is 6.25. The lowest BCUT2D eigenvalue weighted by Crippen LogP contribution is -2.46. The number of anilines is 1. The van der Waals surface area contributed by atoms with E-state index >= 15 is 0 Å². The van der Waals surface area contributed by atoms with Crippen molar-refractivity contribution in [2.45, 2.75) is 18.9 Å². The molecule has 2 heterocycles. The minimum absolute atomic E-state index is 0.00535. The Labute approximate surface area is 157 Å². The van der Waals surface area contributed by atoms with Crippen LogP contribution in [0.5, 0.6) is 5.75 Å². The molecule has 2 N–H and O–H groups in total. The second-order valence-corrected chi connectivity index (χ2v) is 7.23. The third-order valence-electron chi connectivity index (χ3n) is 4.39. The van der Waals surface area contributed by atoms with Gasteiger partial charge in [-0.05, 0) is 36.4 Å². The third-order valence-corrected chi connectivity index (χ3v) is 5.26. The number of hydrogen-bond donors (Lipinski definition) is 2. The molecule has 1 fully saturated rings. The highest BCUT2D eigenvalue weighted by Crippen LogP contribution is 2.17. The average molecular weight is 373 g/mol. The van der Waals surface area contributed by atoms with Gasteiger partial charge in [-0.25, -0.2) is 0 Å². The number of amides is 2. The molecule has 1 saturated heterocycles. The quantitative estimate of drug-likeness (QED) is 0.817. The van der Waals surface area contributed by atoms with Crippen LogP contribution in [0.25, 0.3) is 0 Å². The van der Waals surface area contributed by atoms with E-state index in [1.165, 1.54) is 11.3 Å². The molecule has 0 bridgehead atoms. The van der Waals surface area contributed by atoms with Gasteiger partial charge in [0.15, 0.2) is 0 Å². The number of piperidine rings is 1. The van der Waals surface area contributed by atoms with Gasteiger partial charge >= 0.3 is 0 Å². The Bertz CT molecular complexity index is 740. The SMILES string of the molecule is COc1cccc(NC(=O)CN2CCC(NC(=O)c3cccs3)CC2)c1. The van der Waals surface area contributed by atoms with Crippen molar-refractivity contribution in [3.8, 4) is 5.75 Å². The zero-order chi connectivity index (χ0) is 18.4. The van der Waals surface area contributed by atoms with Crippen molar-refractivity contribution in [2.24, 2.45) is 0 Å². The molecule has 0 saturated carbocycles. The van der Waals surface area contributed by atoms with E-state index in [0.29, 0.717) is 12.3 Å². The van der Waals surface area contributed by atoms with Gasteiger partial charge in [0.05, 0.1) is 18.5 Å². The topological polar surface area (TPSA) is 70.7 Å². The molecule has 6 nitrogen and oxygen atoms in total. The number of methoxy groups -OCH3 is 1. The first-order chi connectivity index (χ1) is 12.6. The maximum Gasteiger partial charge on any atom is 0.261 e. The minimum Gasteiger partial charge on any atom is -0.497 e. The fraction of sp³-hybridized carbons (Fsp3) is 0.368. The van der Waals surface area contributed by atoms with Crippen LogP contribution in [0.3, 0.4) is 0 Å². The summed E-state index contributed by atoms with van der Waals surface area (Å²) >= 11 is 1.45. The Morgan fingerprint density at radius 1 is 1.23 bits per heavy atom. The summed E-state index contributed by atoms with van der Waals surface area (Å²) in [6, 6.07) is 11.2. The van der Waals surface area contributed by atoms with E-state index < -0.39 is 0 Å². The Morgan fingerprint density at radius 2 is 2.04 bits per heavy atom. The van der Waals surface area contributed by atoms with Crippen LogP contribution in [0.4, 0.5) is 5.69 Å². The van der Waals surface area contributed by atoms with Crippen molar-refractivity contribution < 1.29 is 14.3 Å². The average Bonchev–Trinajstić information content (AvgIpc) is 3.18. The highest BCUT2D eigenvalue weighted by molar-refractivity contribution is 7.12. The molecule has 7 heteroatoms. The summed E-state index contributed by atoms with van der Waals surface area (Å²) in [5.41, 5.74) is 0.729. The second kappa shape index (κ2) is 8.82. The first kappa shape index (κ1) is 18.4. The highest BCUT2D eigenvalue weighted by atomic mass is 32.1. The van der Waals surface area contributed by atoms with Gasteiger partial charge < -0.3 is 15.4 Å². The standard InChI is InChI=1S/C19H23N3O3S/c1-25-16-5-2-4-15(12-16)20-18(23)13-22-9-7-14(8-10-22)21-19(24)17-6-3-11-26-17/h2-6,11-12,14H,7-10,13H2,1H3,(H,20,23)(H,21,24). The molecule has 2 amide bonds. The summed E-state index contributed by atoms with van der Waals surface area (Å²) < 4.78 is 5.16. The van der Waals surface area contributed by atoms with Crippen LogP contribution in [0.2, 0.25) is 0 Å². The third kappa shape index (κ3) is 5.06. The zero-order valence-corrected chi connectivity index (χ0v) is 15.6. The van der Waals surface area contributed by atoms with Gasteiger partial charge in [0.25, 0.3) is 5.91 Å². The number of hydrogen-bond acceptors (Lipinski definition) is 5. The highest BCUT2D eigenvalue weighted by Gasteiger charge is 2.22. The largest absolute Gasteiger partial charge is 0.497 e. The van der Waals surface area contributed by atoms with Crippen LogP contribution in [-0.2, 0) is 4.79 Å². The lowest BCUT2D eigenvalue weighted by molar-refractivity contribution is -0.117. The van der Waals surface area contributed by atoms with Gasteiger partial charge in [-0.2, -0.15) is 0 Å². The monoisotopic (exact) mass is 373 g/mol. The number of rotatable bonds is 6. The summed E-state index contributed by atoms with van der Waals surface area (Å²) in [5.74, 6) is 0.665. The summed E-state index contributed by atoms with van der Waals surface area (Å²) in [6.07, 6.45) is 1.70. The van der Waals surface area contributed by atoms with Gasteiger partial charge in [-0.3, -0.25) is 14.5 Å². The zero-order valence-electron chi connectivity index (χ0n) is 14.7. The number of carbonyl (C=O) groups is 2. The van der Waals surface area contributed by atoms with Crippen molar-refractivity contribution in [2.75, 3.05) is 32.1 Å². The molecule has 0 atom stereocenters. The molecule has 1 aromatic carbocycles. The summed E-state index contributed by atoms with van der Waals surface area (Å²) in [6.45, 7) is 1.94. The number of benzene rings is 1. The van der Waals surface area contributed by atoms with Crippen LogP contribution in [0, 0.1) is 0 Å². The van der Waals surface area contributed by atoms with Crippen LogP contribution in [0.15, 0.2) is 41.8 Å². The maximum absolute atomic E-state index is 12.2. The predicted molar refractivity (Wildman–Crippen MR) is 103 cm³/mol. The van der Waals surface area contributed by atoms with Crippen LogP contribution in [-0.4, -0.2) is 49.5 Å². The van der Waals surface area contributed by atoms with E-state index in [2.05, 4.69) is 15.5 Å². The van der Waals surface area contributed by atoms with E-state index in [-0.39, 0.29) is 17.9 Å². The van der Waals surface area contributed by atoms with Gasteiger partial charge in [0.2, 0.25) is 5.91 Å². The molecular weight excluding hydrogens is 350 g/mol. The number of thiophene rings is 1. The molecule has 3 rings (SSSR count). The smallest absolute Gasteiger partial charge is 0.261 e. The van der Waals surface area contributed by atoms with E-state index in [0.717, 1.165) is 36.5 Å². The second-order valence-electron chi connectivity index (χ2n) is 6.28. The minimum atomic E-state index is -0.0423. The lowest BCUT2D eigenvalue weighted by atomic mass is 10.0. The Balaban J connectivity index is 1.42. The van der Waals surface area contributed by atoms with Crippen molar-refractivity contribution in [3.63, 3.8) is 0 Å². The number of likely N-dealkylation sites (tertiary alicyclic amines) is 1. The number of carbonyl (C=O) groups excluding carboxylic acids is 2. The van der Waals surface area contributed by atoms with E-state index in [1.54, 1.807) is 13.2 Å². The molecule has 138 valence electrons. The van der Waals surface area contributed by atoms with E-state index in [1.807, 2.05) is 35.7 Å². The first-order valence-corrected chi connectivity index (χ1v) is 9.52. The fourth-order valence-corrected chi connectivity index (χ4v) is 3.63. The molecule has 26 heavy (non-hydrogen) atoms.